The van der Waals surface area contributed by atoms with Crippen LogP contribution in [-0.4, -0.2) is 40.1 Å². The summed E-state index contributed by atoms with van der Waals surface area (Å²) in [5.41, 5.74) is 0. The van der Waals surface area contributed by atoms with E-state index in [0.29, 0.717) is 0 Å². The first-order valence-electron chi connectivity index (χ1n) is 4.54. The van der Waals surface area contributed by atoms with Crippen molar-refractivity contribution in [1.82, 2.24) is 0 Å². The summed E-state index contributed by atoms with van der Waals surface area (Å²) < 4.78 is 29.3. The van der Waals surface area contributed by atoms with E-state index in [2.05, 4.69) is 0 Å². The SMILES string of the molecule is CCC(O)C(C)(C(O)CC)S(=O)(=O)O. The van der Waals surface area contributed by atoms with Gasteiger partial charge in [-0.05, 0) is 19.8 Å². The van der Waals surface area contributed by atoms with E-state index in [9.17, 15) is 18.6 Å². The van der Waals surface area contributed by atoms with Gasteiger partial charge in [0.25, 0.3) is 10.1 Å². The highest BCUT2D eigenvalue weighted by Crippen LogP contribution is 2.28. The van der Waals surface area contributed by atoms with Crippen molar-refractivity contribution in [3.8, 4) is 0 Å². The Bertz CT molecular complexity index is 261. The van der Waals surface area contributed by atoms with Crippen LogP contribution in [0.5, 0.6) is 0 Å². The largest absolute Gasteiger partial charge is 0.391 e. The average Bonchev–Trinajstić information content (AvgIpc) is 2.12. The van der Waals surface area contributed by atoms with Gasteiger partial charge < -0.3 is 10.2 Å². The molecule has 5 nitrogen and oxygen atoms in total. The lowest BCUT2D eigenvalue weighted by Gasteiger charge is -2.34. The van der Waals surface area contributed by atoms with Crippen molar-refractivity contribution in [1.29, 1.82) is 0 Å². The highest BCUT2D eigenvalue weighted by molar-refractivity contribution is 7.87. The van der Waals surface area contributed by atoms with E-state index in [0.717, 1.165) is 6.92 Å². The lowest BCUT2D eigenvalue weighted by molar-refractivity contribution is 0.0311. The smallest absolute Gasteiger partial charge is 0.275 e. The van der Waals surface area contributed by atoms with Crippen LogP contribution in [0.1, 0.15) is 33.6 Å². The van der Waals surface area contributed by atoms with Crippen molar-refractivity contribution >= 4 is 10.1 Å². The summed E-state index contributed by atoms with van der Waals surface area (Å²) in [5, 5.41) is 19.0. The normalized spacial score (nSPS) is 21.3. The van der Waals surface area contributed by atoms with Gasteiger partial charge in [0.1, 0.15) is 4.75 Å². The van der Waals surface area contributed by atoms with Crippen LogP contribution in [-0.2, 0) is 10.1 Å². The average molecular weight is 226 g/mol. The zero-order valence-corrected chi connectivity index (χ0v) is 9.45. The second-order valence-electron chi connectivity index (χ2n) is 3.51. The molecule has 14 heavy (non-hydrogen) atoms. The van der Waals surface area contributed by atoms with Gasteiger partial charge in [-0.1, -0.05) is 13.8 Å². The minimum Gasteiger partial charge on any atom is -0.391 e. The van der Waals surface area contributed by atoms with Crippen molar-refractivity contribution in [3.63, 3.8) is 0 Å². The lowest BCUT2D eigenvalue weighted by atomic mass is 9.93. The minimum atomic E-state index is -4.49. The highest BCUT2D eigenvalue weighted by atomic mass is 32.2. The molecule has 2 atom stereocenters. The van der Waals surface area contributed by atoms with Crippen LogP contribution >= 0.6 is 0 Å². The van der Waals surface area contributed by atoms with Crippen molar-refractivity contribution in [2.24, 2.45) is 0 Å². The quantitative estimate of drug-likeness (QED) is 0.581. The van der Waals surface area contributed by atoms with E-state index < -0.39 is 27.1 Å². The number of rotatable bonds is 5. The number of aliphatic hydroxyl groups excluding tert-OH is 2. The molecule has 0 rings (SSSR count). The molecular formula is C8H18O5S. The van der Waals surface area contributed by atoms with Crippen molar-refractivity contribution in [2.45, 2.75) is 50.6 Å². The van der Waals surface area contributed by atoms with E-state index in [1.165, 1.54) is 0 Å². The van der Waals surface area contributed by atoms with Crippen molar-refractivity contribution in [2.75, 3.05) is 0 Å². The molecule has 2 unspecified atom stereocenters. The van der Waals surface area contributed by atoms with Gasteiger partial charge in [0, 0.05) is 0 Å². The second-order valence-corrected chi connectivity index (χ2v) is 5.34. The third-order valence-corrected chi connectivity index (χ3v) is 4.31. The molecule has 6 heteroatoms. The third-order valence-electron chi connectivity index (χ3n) is 2.65. The fraction of sp³-hybridized carbons (Fsp3) is 1.00. The Morgan fingerprint density at radius 1 is 1.14 bits per heavy atom. The van der Waals surface area contributed by atoms with Gasteiger partial charge in [0.05, 0.1) is 12.2 Å². The van der Waals surface area contributed by atoms with Crippen LogP contribution in [0.3, 0.4) is 0 Å². The van der Waals surface area contributed by atoms with Crippen molar-refractivity contribution in [3.05, 3.63) is 0 Å². The third kappa shape index (κ3) is 2.25. The molecule has 0 aromatic heterocycles. The summed E-state index contributed by atoms with van der Waals surface area (Å²) in [6.45, 7) is 4.30. The number of hydrogen-bond donors (Lipinski definition) is 3. The predicted molar refractivity (Wildman–Crippen MR) is 52.5 cm³/mol. The fourth-order valence-electron chi connectivity index (χ4n) is 1.38. The molecule has 0 heterocycles. The van der Waals surface area contributed by atoms with Crippen LogP contribution < -0.4 is 0 Å². The van der Waals surface area contributed by atoms with Crippen LogP contribution in [0.4, 0.5) is 0 Å². The second kappa shape index (κ2) is 4.57. The van der Waals surface area contributed by atoms with Gasteiger partial charge in [0.15, 0.2) is 0 Å². The number of hydrogen-bond acceptors (Lipinski definition) is 4. The molecule has 0 bridgehead atoms. The molecule has 0 fully saturated rings. The molecule has 0 saturated heterocycles. The van der Waals surface area contributed by atoms with E-state index in [1.807, 2.05) is 0 Å². The van der Waals surface area contributed by atoms with Gasteiger partial charge in [-0.25, -0.2) is 0 Å². The van der Waals surface area contributed by atoms with Crippen LogP contribution in [0.15, 0.2) is 0 Å². The first kappa shape index (κ1) is 13.8. The predicted octanol–water partition coefficient (Wildman–Crippen LogP) is 0.175. The maximum atomic E-state index is 11.1. The molecule has 0 radical (unpaired) electrons. The molecule has 0 spiro atoms. The van der Waals surface area contributed by atoms with E-state index in [1.54, 1.807) is 13.8 Å². The van der Waals surface area contributed by atoms with Crippen molar-refractivity contribution < 1.29 is 23.2 Å². The Morgan fingerprint density at radius 3 is 1.57 bits per heavy atom. The van der Waals surface area contributed by atoms with Crippen LogP contribution in [0.25, 0.3) is 0 Å². The van der Waals surface area contributed by atoms with Gasteiger partial charge in [-0.15, -0.1) is 0 Å². The van der Waals surface area contributed by atoms with E-state index in [4.69, 9.17) is 4.55 Å². The molecule has 0 aromatic rings. The molecule has 0 aliphatic carbocycles. The van der Waals surface area contributed by atoms with E-state index in [-0.39, 0.29) is 12.8 Å². The minimum absolute atomic E-state index is 0.146. The molecular weight excluding hydrogens is 208 g/mol. The molecule has 0 aliphatic rings. The monoisotopic (exact) mass is 226 g/mol. The maximum absolute atomic E-state index is 11.1. The topological polar surface area (TPSA) is 94.8 Å². The first-order chi connectivity index (χ1) is 6.21. The Kier molecular flexibility index (Phi) is 4.51. The maximum Gasteiger partial charge on any atom is 0.275 e. The fourth-order valence-corrected chi connectivity index (χ4v) is 2.40. The molecule has 86 valence electrons. The lowest BCUT2D eigenvalue weighted by Crippen LogP contribution is -2.54. The molecule has 3 N–H and O–H groups in total. The zero-order valence-electron chi connectivity index (χ0n) is 8.64. The van der Waals surface area contributed by atoms with E-state index >= 15 is 0 Å². The Labute approximate surface area is 84.5 Å². The van der Waals surface area contributed by atoms with Gasteiger partial charge in [-0.3, -0.25) is 4.55 Å². The molecule has 0 saturated carbocycles. The van der Waals surface area contributed by atoms with Gasteiger partial charge in [0.2, 0.25) is 0 Å². The summed E-state index contributed by atoms with van der Waals surface area (Å²) in [7, 11) is -4.49. The summed E-state index contributed by atoms with van der Waals surface area (Å²) in [6, 6.07) is 0. The zero-order chi connectivity index (χ0) is 11.6. The summed E-state index contributed by atoms with van der Waals surface area (Å²) >= 11 is 0. The highest BCUT2D eigenvalue weighted by Gasteiger charge is 2.49. The van der Waals surface area contributed by atoms with Crippen LogP contribution in [0, 0.1) is 0 Å². The van der Waals surface area contributed by atoms with Crippen LogP contribution in [0.2, 0.25) is 0 Å². The molecule has 0 aliphatic heterocycles. The standard InChI is InChI=1S/C8H18O5S/c1-4-6(9)8(3,7(10)5-2)14(11,12)13/h6-7,9-10H,4-5H2,1-3H3,(H,11,12,13). The Balaban J connectivity index is 5.27. The summed E-state index contributed by atoms with van der Waals surface area (Å²) in [4.78, 5) is 0. The Morgan fingerprint density at radius 2 is 1.43 bits per heavy atom. The van der Waals surface area contributed by atoms with Gasteiger partial charge >= 0.3 is 0 Å². The first-order valence-corrected chi connectivity index (χ1v) is 5.98. The summed E-state index contributed by atoms with van der Waals surface area (Å²) in [6.07, 6.45) is -2.28. The Hall–Kier alpha value is -0.170. The molecule has 0 aromatic carbocycles. The summed E-state index contributed by atoms with van der Waals surface area (Å²) in [5.74, 6) is 0. The number of aliphatic hydroxyl groups is 2. The van der Waals surface area contributed by atoms with Gasteiger partial charge in [-0.2, -0.15) is 8.42 Å². The molecule has 0 amide bonds.